The average Bonchev–Trinajstić information content (AvgIpc) is 2.64. The van der Waals surface area contributed by atoms with Crippen molar-refractivity contribution in [1.82, 2.24) is 10.6 Å². The van der Waals surface area contributed by atoms with E-state index in [1.54, 1.807) is 25.3 Å². The minimum atomic E-state index is -0.503. The topological polar surface area (TPSA) is 50.4 Å². The zero-order valence-corrected chi connectivity index (χ0v) is 15.0. The fraction of sp³-hybridized carbons (Fsp3) is 0.316. The molecule has 0 aromatic heterocycles. The van der Waals surface area contributed by atoms with Gasteiger partial charge in [-0.05, 0) is 17.7 Å². The molecule has 4 nitrogen and oxygen atoms in total. The molecule has 0 aliphatic heterocycles. The van der Waals surface area contributed by atoms with Gasteiger partial charge in [-0.1, -0.05) is 42.5 Å². The first-order chi connectivity index (χ1) is 12.2. The highest BCUT2D eigenvalue weighted by Gasteiger charge is 2.22. The number of thioether (sulfide) groups is 1. The van der Waals surface area contributed by atoms with Gasteiger partial charge in [0.1, 0.15) is 11.1 Å². The fourth-order valence-corrected chi connectivity index (χ4v) is 3.31. The number of halogens is 1. The first-order valence-electron chi connectivity index (χ1n) is 8.16. The van der Waals surface area contributed by atoms with Crippen molar-refractivity contribution in [3.05, 3.63) is 66.0 Å². The molecule has 2 N–H and O–H groups in total. The van der Waals surface area contributed by atoms with Crippen LogP contribution in [-0.4, -0.2) is 39.3 Å². The summed E-state index contributed by atoms with van der Waals surface area (Å²) >= 11 is 1.22. The van der Waals surface area contributed by atoms with Crippen LogP contribution in [0.15, 0.2) is 59.5 Å². The zero-order chi connectivity index (χ0) is 17.9. The van der Waals surface area contributed by atoms with Crippen molar-refractivity contribution in [1.29, 1.82) is 0 Å². The van der Waals surface area contributed by atoms with Gasteiger partial charge in [-0.2, -0.15) is 0 Å². The van der Waals surface area contributed by atoms with E-state index in [9.17, 15) is 9.18 Å². The van der Waals surface area contributed by atoms with Crippen LogP contribution in [0, 0.1) is 5.82 Å². The smallest absolute Gasteiger partial charge is 0.238 e. The highest BCUT2D eigenvalue weighted by Crippen LogP contribution is 2.36. The summed E-state index contributed by atoms with van der Waals surface area (Å²) in [5.74, 6) is -0.449. The van der Waals surface area contributed by atoms with Crippen molar-refractivity contribution < 1.29 is 13.9 Å². The van der Waals surface area contributed by atoms with E-state index in [1.165, 1.54) is 17.8 Å². The predicted molar refractivity (Wildman–Crippen MR) is 99.2 cm³/mol. The molecule has 1 atom stereocenters. The van der Waals surface area contributed by atoms with E-state index in [2.05, 4.69) is 10.6 Å². The highest BCUT2D eigenvalue weighted by atomic mass is 32.2. The molecule has 0 spiro atoms. The van der Waals surface area contributed by atoms with Gasteiger partial charge in [0.15, 0.2) is 0 Å². The lowest BCUT2D eigenvalue weighted by molar-refractivity contribution is -0.120. The molecular formula is C19H23FN2O2S. The van der Waals surface area contributed by atoms with Crippen LogP contribution in [0.5, 0.6) is 0 Å². The molecule has 0 heterocycles. The number of nitrogens with one attached hydrogen (secondary N) is 2. The summed E-state index contributed by atoms with van der Waals surface area (Å²) in [6.07, 6.45) is 0. The Morgan fingerprint density at radius 3 is 2.52 bits per heavy atom. The largest absolute Gasteiger partial charge is 0.383 e. The lowest BCUT2D eigenvalue weighted by Gasteiger charge is -2.17. The van der Waals surface area contributed by atoms with E-state index in [0.29, 0.717) is 24.6 Å². The molecule has 2 aromatic carbocycles. The van der Waals surface area contributed by atoms with Gasteiger partial charge in [-0.15, -0.1) is 11.8 Å². The summed E-state index contributed by atoms with van der Waals surface area (Å²) in [5.41, 5.74) is 0.848. The third kappa shape index (κ3) is 6.49. The molecule has 0 fully saturated rings. The van der Waals surface area contributed by atoms with E-state index in [1.807, 2.05) is 30.3 Å². The number of carbonyl (C=O) groups excluding carboxylic acids is 1. The molecule has 2 rings (SSSR count). The van der Waals surface area contributed by atoms with Crippen molar-refractivity contribution in [2.45, 2.75) is 10.1 Å². The number of carbonyl (C=O) groups is 1. The molecule has 0 radical (unpaired) electrons. The minimum Gasteiger partial charge on any atom is -0.383 e. The number of amides is 1. The lowest BCUT2D eigenvalue weighted by atomic mass is 10.1. The van der Waals surface area contributed by atoms with Crippen LogP contribution in [0.3, 0.4) is 0 Å². The van der Waals surface area contributed by atoms with Gasteiger partial charge in [-0.3, -0.25) is 4.79 Å². The summed E-state index contributed by atoms with van der Waals surface area (Å²) in [7, 11) is 1.65. The van der Waals surface area contributed by atoms with Crippen LogP contribution >= 0.6 is 11.8 Å². The monoisotopic (exact) mass is 362 g/mol. The Balaban J connectivity index is 2.00. The van der Waals surface area contributed by atoms with Crippen molar-refractivity contribution in [3.8, 4) is 0 Å². The van der Waals surface area contributed by atoms with Crippen molar-refractivity contribution >= 4 is 17.7 Å². The number of ether oxygens (including phenoxy) is 1. The molecule has 0 aliphatic carbocycles. The van der Waals surface area contributed by atoms with Crippen molar-refractivity contribution in [2.24, 2.45) is 0 Å². The fourth-order valence-electron chi connectivity index (χ4n) is 2.23. The van der Waals surface area contributed by atoms with Gasteiger partial charge in [0.2, 0.25) is 5.91 Å². The second-order valence-corrected chi connectivity index (χ2v) is 6.52. The molecule has 0 aliphatic rings. The third-order valence-electron chi connectivity index (χ3n) is 3.51. The first kappa shape index (κ1) is 19.4. The number of hydrogen-bond acceptors (Lipinski definition) is 4. The van der Waals surface area contributed by atoms with Gasteiger partial charge < -0.3 is 15.4 Å². The number of rotatable bonds is 10. The van der Waals surface area contributed by atoms with E-state index < -0.39 is 5.25 Å². The molecule has 25 heavy (non-hydrogen) atoms. The molecule has 1 amide bonds. The molecule has 0 saturated carbocycles. The van der Waals surface area contributed by atoms with Crippen LogP contribution in [0.25, 0.3) is 0 Å². The van der Waals surface area contributed by atoms with Crippen LogP contribution in [-0.2, 0) is 9.53 Å². The second-order valence-electron chi connectivity index (χ2n) is 5.37. The molecule has 134 valence electrons. The maximum Gasteiger partial charge on any atom is 0.238 e. The summed E-state index contributed by atoms with van der Waals surface area (Å²) < 4.78 is 18.9. The van der Waals surface area contributed by atoms with Crippen LogP contribution < -0.4 is 10.6 Å². The third-order valence-corrected chi connectivity index (χ3v) is 4.81. The lowest BCUT2D eigenvalue weighted by Crippen LogP contribution is -2.35. The average molecular weight is 362 g/mol. The first-order valence-corrected chi connectivity index (χ1v) is 9.04. The molecule has 0 saturated heterocycles. The second kappa shape index (κ2) is 10.9. The number of methoxy groups -OCH3 is 1. The standard InChI is InChI=1S/C19H23FN2O2S/c1-24-14-13-21-11-12-22-19(23)18(15-7-3-2-4-8-15)25-17-10-6-5-9-16(17)20/h2-10,18,21H,11-14H2,1H3,(H,22,23). The molecular weight excluding hydrogens is 339 g/mol. The molecule has 2 aromatic rings. The quantitative estimate of drug-likeness (QED) is 0.504. The maximum absolute atomic E-state index is 14.0. The van der Waals surface area contributed by atoms with Crippen molar-refractivity contribution in [3.63, 3.8) is 0 Å². The Bertz CT molecular complexity index is 655. The summed E-state index contributed by atoms with van der Waals surface area (Å²) in [5, 5.41) is 5.58. The van der Waals surface area contributed by atoms with Crippen LogP contribution in [0.2, 0.25) is 0 Å². The molecule has 1 unspecified atom stereocenters. The van der Waals surface area contributed by atoms with E-state index in [-0.39, 0.29) is 11.7 Å². The summed E-state index contributed by atoms with van der Waals surface area (Å²) in [6, 6.07) is 15.9. The number of benzene rings is 2. The van der Waals surface area contributed by atoms with Gasteiger partial charge >= 0.3 is 0 Å². The Morgan fingerprint density at radius 1 is 1.08 bits per heavy atom. The normalized spacial score (nSPS) is 11.9. The molecule has 6 heteroatoms. The van der Waals surface area contributed by atoms with Crippen LogP contribution in [0.1, 0.15) is 10.8 Å². The summed E-state index contributed by atoms with van der Waals surface area (Å²) in [6.45, 7) is 2.52. The number of hydrogen-bond donors (Lipinski definition) is 2. The Labute approximate surface area is 152 Å². The summed E-state index contributed by atoms with van der Waals surface area (Å²) in [4.78, 5) is 13.1. The molecule has 0 bridgehead atoms. The van der Waals surface area contributed by atoms with Crippen LogP contribution in [0.4, 0.5) is 4.39 Å². The Hall–Kier alpha value is -1.89. The van der Waals surface area contributed by atoms with Gasteiger partial charge in [-0.25, -0.2) is 4.39 Å². The van der Waals surface area contributed by atoms with E-state index >= 15 is 0 Å². The predicted octanol–water partition coefficient (Wildman–Crippen LogP) is 3.01. The van der Waals surface area contributed by atoms with Gasteiger partial charge in [0.25, 0.3) is 0 Å². The maximum atomic E-state index is 14.0. The zero-order valence-electron chi connectivity index (χ0n) is 14.2. The van der Waals surface area contributed by atoms with Gasteiger partial charge in [0.05, 0.1) is 6.61 Å². The Kier molecular flexibility index (Phi) is 8.45. The Morgan fingerprint density at radius 2 is 1.80 bits per heavy atom. The minimum absolute atomic E-state index is 0.131. The SMILES string of the molecule is COCCNCCNC(=O)C(Sc1ccccc1F)c1ccccc1. The highest BCUT2D eigenvalue weighted by molar-refractivity contribution is 8.00. The van der Waals surface area contributed by atoms with Gasteiger partial charge in [0, 0.05) is 31.6 Å². The van der Waals surface area contributed by atoms with E-state index in [4.69, 9.17) is 4.74 Å². The van der Waals surface area contributed by atoms with E-state index in [0.717, 1.165) is 12.1 Å². The van der Waals surface area contributed by atoms with Crippen molar-refractivity contribution in [2.75, 3.05) is 33.4 Å².